The SMILES string of the molecule is Cc1c(-c2noc(-c3ccncc3)n2)nnn1-c1ccccc1. The lowest BCUT2D eigenvalue weighted by Gasteiger charge is -2.01. The number of aromatic nitrogens is 6. The summed E-state index contributed by atoms with van der Waals surface area (Å²) in [5.41, 5.74) is 3.18. The lowest BCUT2D eigenvalue weighted by molar-refractivity contribution is 0.432. The quantitative estimate of drug-likeness (QED) is 0.578. The fourth-order valence-corrected chi connectivity index (χ4v) is 2.28. The van der Waals surface area contributed by atoms with Gasteiger partial charge in [0.2, 0.25) is 5.82 Å². The Balaban J connectivity index is 1.73. The van der Waals surface area contributed by atoms with E-state index in [1.807, 2.05) is 49.4 Å². The lowest BCUT2D eigenvalue weighted by atomic mass is 10.2. The van der Waals surface area contributed by atoms with Crippen LogP contribution in [0, 0.1) is 6.92 Å². The molecular formula is C16H12N6O. The first-order valence-corrected chi connectivity index (χ1v) is 7.05. The van der Waals surface area contributed by atoms with Crippen LogP contribution in [0.3, 0.4) is 0 Å². The first-order chi connectivity index (χ1) is 11.3. The third kappa shape index (κ3) is 2.38. The summed E-state index contributed by atoms with van der Waals surface area (Å²) in [6.07, 6.45) is 3.35. The third-order valence-electron chi connectivity index (χ3n) is 3.46. The van der Waals surface area contributed by atoms with Gasteiger partial charge in [0.15, 0.2) is 5.69 Å². The lowest BCUT2D eigenvalue weighted by Crippen LogP contribution is -1.98. The molecule has 0 N–H and O–H groups in total. The van der Waals surface area contributed by atoms with E-state index in [-0.39, 0.29) is 0 Å². The Morgan fingerprint density at radius 3 is 2.57 bits per heavy atom. The molecule has 23 heavy (non-hydrogen) atoms. The van der Waals surface area contributed by atoms with E-state index in [0.717, 1.165) is 16.9 Å². The maximum atomic E-state index is 5.31. The van der Waals surface area contributed by atoms with Gasteiger partial charge in [-0.25, -0.2) is 4.68 Å². The summed E-state index contributed by atoms with van der Waals surface area (Å²) in [6, 6.07) is 13.4. The second-order valence-corrected chi connectivity index (χ2v) is 4.93. The van der Waals surface area contributed by atoms with E-state index in [1.165, 1.54) is 0 Å². The smallest absolute Gasteiger partial charge is 0.258 e. The van der Waals surface area contributed by atoms with Gasteiger partial charge in [-0.1, -0.05) is 28.6 Å². The molecular weight excluding hydrogens is 292 g/mol. The van der Waals surface area contributed by atoms with Gasteiger partial charge in [0.1, 0.15) is 0 Å². The molecule has 0 bridgehead atoms. The highest BCUT2D eigenvalue weighted by Gasteiger charge is 2.18. The molecule has 0 saturated heterocycles. The van der Waals surface area contributed by atoms with Crippen LogP contribution in [-0.4, -0.2) is 30.1 Å². The Morgan fingerprint density at radius 2 is 1.78 bits per heavy atom. The van der Waals surface area contributed by atoms with E-state index in [9.17, 15) is 0 Å². The number of nitrogens with zero attached hydrogens (tertiary/aromatic N) is 6. The zero-order valence-corrected chi connectivity index (χ0v) is 12.3. The first kappa shape index (κ1) is 13.3. The maximum absolute atomic E-state index is 5.31. The highest BCUT2D eigenvalue weighted by molar-refractivity contribution is 5.58. The monoisotopic (exact) mass is 304 g/mol. The van der Waals surface area contributed by atoms with Crippen LogP contribution in [-0.2, 0) is 0 Å². The number of benzene rings is 1. The average Bonchev–Trinajstić information content (AvgIpc) is 3.23. The third-order valence-corrected chi connectivity index (χ3v) is 3.46. The molecule has 0 radical (unpaired) electrons. The largest absolute Gasteiger partial charge is 0.334 e. The van der Waals surface area contributed by atoms with E-state index < -0.39 is 0 Å². The predicted molar refractivity (Wildman–Crippen MR) is 82.6 cm³/mol. The summed E-state index contributed by atoms with van der Waals surface area (Å²) in [4.78, 5) is 8.37. The topological polar surface area (TPSA) is 82.5 Å². The van der Waals surface area contributed by atoms with Gasteiger partial charge in [0.05, 0.1) is 11.4 Å². The Hall–Kier alpha value is -3.35. The second kappa shape index (κ2) is 5.45. The molecule has 0 aliphatic carbocycles. The number of rotatable bonds is 3. The van der Waals surface area contributed by atoms with Gasteiger partial charge in [0.25, 0.3) is 5.89 Å². The summed E-state index contributed by atoms with van der Waals surface area (Å²) in [6.45, 7) is 1.92. The average molecular weight is 304 g/mol. The van der Waals surface area contributed by atoms with Gasteiger partial charge < -0.3 is 4.52 Å². The highest BCUT2D eigenvalue weighted by atomic mass is 16.5. The van der Waals surface area contributed by atoms with Crippen molar-refractivity contribution in [2.45, 2.75) is 6.92 Å². The zero-order chi connectivity index (χ0) is 15.6. The fraction of sp³-hybridized carbons (Fsp3) is 0.0625. The van der Waals surface area contributed by atoms with Crippen molar-refractivity contribution in [2.24, 2.45) is 0 Å². The highest BCUT2D eigenvalue weighted by Crippen LogP contribution is 2.23. The molecule has 3 heterocycles. The molecule has 0 saturated carbocycles. The first-order valence-electron chi connectivity index (χ1n) is 7.05. The van der Waals surface area contributed by atoms with E-state index in [2.05, 4.69) is 25.4 Å². The molecule has 1 aromatic carbocycles. The van der Waals surface area contributed by atoms with Crippen molar-refractivity contribution in [3.8, 4) is 28.7 Å². The van der Waals surface area contributed by atoms with Crippen LogP contribution < -0.4 is 0 Å². The minimum atomic E-state index is 0.413. The Labute approximate surface area is 131 Å². The molecule has 0 unspecified atom stereocenters. The molecule has 4 rings (SSSR count). The Morgan fingerprint density at radius 1 is 1.00 bits per heavy atom. The van der Waals surface area contributed by atoms with Crippen LogP contribution in [0.15, 0.2) is 59.4 Å². The summed E-state index contributed by atoms with van der Waals surface area (Å²) in [7, 11) is 0. The van der Waals surface area contributed by atoms with Gasteiger partial charge in [0, 0.05) is 18.0 Å². The molecule has 112 valence electrons. The van der Waals surface area contributed by atoms with Crippen LogP contribution in [0.5, 0.6) is 0 Å². The van der Waals surface area contributed by atoms with Crippen molar-refractivity contribution in [1.29, 1.82) is 0 Å². The molecule has 7 heteroatoms. The van der Waals surface area contributed by atoms with Gasteiger partial charge in [-0.2, -0.15) is 4.98 Å². The summed E-state index contributed by atoms with van der Waals surface area (Å²) in [5.74, 6) is 0.840. The summed E-state index contributed by atoms with van der Waals surface area (Å²) < 4.78 is 7.06. The molecule has 0 spiro atoms. The maximum Gasteiger partial charge on any atom is 0.258 e. The van der Waals surface area contributed by atoms with E-state index in [4.69, 9.17) is 4.52 Å². The van der Waals surface area contributed by atoms with Crippen molar-refractivity contribution < 1.29 is 4.52 Å². The fourth-order valence-electron chi connectivity index (χ4n) is 2.28. The van der Waals surface area contributed by atoms with Crippen molar-refractivity contribution in [3.05, 3.63) is 60.6 Å². The minimum Gasteiger partial charge on any atom is -0.334 e. The number of hydrogen-bond acceptors (Lipinski definition) is 6. The predicted octanol–water partition coefficient (Wildman–Crippen LogP) is 2.69. The van der Waals surface area contributed by atoms with Crippen LogP contribution in [0.25, 0.3) is 28.7 Å². The van der Waals surface area contributed by atoms with Crippen LogP contribution >= 0.6 is 0 Å². The standard InChI is InChI=1S/C16H12N6O/c1-11-14(19-21-22(11)13-5-3-2-4-6-13)15-18-16(23-20-15)12-7-9-17-10-8-12/h2-10H,1H3. The normalized spacial score (nSPS) is 10.8. The molecule has 0 aliphatic heterocycles. The molecule has 0 aliphatic rings. The van der Waals surface area contributed by atoms with Crippen molar-refractivity contribution in [3.63, 3.8) is 0 Å². The van der Waals surface area contributed by atoms with Crippen LogP contribution in [0.2, 0.25) is 0 Å². The minimum absolute atomic E-state index is 0.413. The van der Waals surface area contributed by atoms with Crippen molar-refractivity contribution in [2.75, 3.05) is 0 Å². The van der Waals surface area contributed by atoms with Crippen molar-refractivity contribution >= 4 is 0 Å². The van der Waals surface area contributed by atoms with Crippen LogP contribution in [0.4, 0.5) is 0 Å². The molecule has 0 fully saturated rings. The van der Waals surface area contributed by atoms with Gasteiger partial charge in [-0.05, 0) is 31.2 Å². The molecule has 4 aromatic rings. The Kier molecular flexibility index (Phi) is 3.16. The molecule has 0 amide bonds. The summed E-state index contributed by atoms with van der Waals surface area (Å²) in [5, 5.41) is 12.4. The van der Waals surface area contributed by atoms with Gasteiger partial charge in [-0.3, -0.25) is 4.98 Å². The Bertz CT molecular complexity index is 930. The van der Waals surface area contributed by atoms with Gasteiger partial charge >= 0.3 is 0 Å². The molecule has 7 nitrogen and oxygen atoms in total. The van der Waals surface area contributed by atoms with Crippen molar-refractivity contribution in [1.82, 2.24) is 30.1 Å². The van der Waals surface area contributed by atoms with E-state index in [1.54, 1.807) is 17.1 Å². The number of para-hydroxylation sites is 1. The van der Waals surface area contributed by atoms with Gasteiger partial charge in [-0.15, -0.1) is 5.10 Å². The summed E-state index contributed by atoms with van der Waals surface area (Å²) >= 11 is 0. The zero-order valence-electron chi connectivity index (χ0n) is 12.3. The van der Waals surface area contributed by atoms with E-state index >= 15 is 0 Å². The molecule has 3 aromatic heterocycles. The number of hydrogen-bond donors (Lipinski definition) is 0. The number of pyridine rings is 1. The second-order valence-electron chi connectivity index (χ2n) is 4.93. The van der Waals surface area contributed by atoms with E-state index in [0.29, 0.717) is 17.4 Å². The molecule has 0 atom stereocenters. The van der Waals surface area contributed by atoms with Crippen LogP contribution in [0.1, 0.15) is 5.69 Å².